The summed E-state index contributed by atoms with van der Waals surface area (Å²) >= 11 is 0. The minimum Gasteiger partial charge on any atom is -0.493 e. The number of methoxy groups -OCH3 is 1. The zero-order valence-electron chi connectivity index (χ0n) is 16.3. The predicted octanol–water partition coefficient (Wildman–Crippen LogP) is 3.13. The fourth-order valence-electron chi connectivity index (χ4n) is 2.54. The highest BCUT2D eigenvalue weighted by Gasteiger charge is 2.13. The van der Waals surface area contributed by atoms with Crippen LogP contribution in [0.3, 0.4) is 0 Å². The van der Waals surface area contributed by atoms with Crippen LogP contribution in [-0.2, 0) is 6.54 Å². The summed E-state index contributed by atoms with van der Waals surface area (Å²) in [7, 11) is 1.60. The monoisotopic (exact) mass is 386 g/mol. The van der Waals surface area contributed by atoms with E-state index in [1.165, 1.54) is 6.07 Å². The third-order valence-electron chi connectivity index (χ3n) is 3.89. The van der Waals surface area contributed by atoms with Crippen molar-refractivity contribution in [3.8, 4) is 11.5 Å². The summed E-state index contributed by atoms with van der Waals surface area (Å²) < 4.78 is 11.2. The number of ether oxygens (including phenoxy) is 2. The normalized spacial score (nSPS) is 12.2. The summed E-state index contributed by atoms with van der Waals surface area (Å²) in [4.78, 5) is 15.2. The molecule has 8 heteroatoms. The first-order valence-corrected chi connectivity index (χ1v) is 9.09. The lowest BCUT2D eigenvalue weighted by Crippen LogP contribution is -2.41. The molecule has 0 heterocycles. The summed E-state index contributed by atoms with van der Waals surface area (Å²) in [6, 6.07) is 14.1. The van der Waals surface area contributed by atoms with E-state index in [1.54, 1.807) is 25.3 Å². The Balaban J connectivity index is 1.98. The molecule has 0 spiro atoms. The molecule has 0 aliphatic heterocycles. The van der Waals surface area contributed by atoms with Crippen LogP contribution in [0, 0.1) is 10.1 Å². The van der Waals surface area contributed by atoms with Gasteiger partial charge in [0.2, 0.25) is 0 Å². The number of hydrogen-bond donors (Lipinski definition) is 2. The molecule has 8 nitrogen and oxygen atoms in total. The van der Waals surface area contributed by atoms with Crippen LogP contribution >= 0.6 is 0 Å². The molecule has 150 valence electrons. The average molecular weight is 386 g/mol. The van der Waals surface area contributed by atoms with Crippen molar-refractivity contribution < 1.29 is 14.4 Å². The van der Waals surface area contributed by atoms with Gasteiger partial charge in [0.15, 0.2) is 17.5 Å². The highest BCUT2D eigenvalue weighted by atomic mass is 16.6. The van der Waals surface area contributed by atoms with Gasteiger partial charge in [-0.15, -0.1) is 0 Å². The number of aliphatic imine (C=N–C) groups is 1. The number of nitro benzene ring substituents is 1. The molecule has 0 saturated carbocycles. The van der Waals surface area contributed by atoms with Gasteiger partial charge in [-0.05, 0) is 26.0 Å². The lowest BCUT2D eigenvalue weighted by atomic mass is 10.2. The average Bonchev–Trinajstić information content (AvgIpc) is 2.70. The van der Waals surface area contributed by atoms with Gasteiger partial charge in [0.1, 0.15) is 6.10 Å². The number of rotatable bonds is 9. The maximum absolute atomic E-state index is 11.1. The van der Waals surface area contributed by atoms with E-state index in [9.17, 15) is 10.1 Å². The molecule has 0 bridgehead atoms. The van der Waals surface area contributed by atoms with E-state index < -0.39 is 4.92 Å². The minimum absolute atomic E-state index is 0.0648. The summed E-state index contributed by atoms with van der Waals surface area (Å²) in [5.41, 5.74) is 0.623. The van der Waals surface area contributed by atoms with Crippen LogP contribution in [0.1, 0.15) is 19.4 Å². The van der Waals surface area contributed by atoms with Crippen molar-refractivity contribution in [2.24, 2.45) is 4.99 Å². The first-order chi connectivity index (χ1) is 13.5. The standard InChI is InChI=1S/C20H26N4O4/c1-4-21-20(23-14-16-9-5-6-10-17(16)24(25)26)22-13-15(2)28-19-12-8-7-11-18(19)27-3/h5-12,15H,4,13-14H2,1-3H3,(H2,21,22,23). The van der Waals surface area contributed by atoms with E-state index in [2.05, 4.69) is 15.6 Å². The summed E-state index contributed by atoms with van der Waals surface area (Å²) in [6.07, 6.45) is -0.147. The van der Waals surface area contributed by atoms with Crippen molar-refractivity contribution in [3.63, 3.8) is 0 Å². The molecule has 2 rings (SSSR count). The Labute approximate surface area is 164 Å². The Morgan fingerprint density at radius 2 is 1.82 bits per heavy atom. The van der Waals surface area contributed by atoms with E-state index in [4.69, 9.17) is 9.47 Å². The maximum Gasteiger partial charge on any atom is 0.274 e. The van der Waals surface area contributed by atoms with Gasteiger partial charge in [-0.2, -0.15) is 0 Å². The molecule has 0 amide bonds. The largest absolute Gasteiger partial charge is 0.493 e. The van der Waals surface area contributed by atoms with Gasteiger partial charge in [-0.25, -0.2) is 4.99 Å². The van der Waals surface area contributed by atoms with Gasteiger partial charge >= 0.3 is 0 Å². The van der Waals surface area contributed by atoms with E-state index in [-0.39, 0.29) is 18.3 Å². The Hall–Kier alpha value is -3.29. The number of nitrogens with zero attached hydrogens (tertiary/aromatic N) is 2. The van der Waals surface area contributed by atoms with Crippen molar-refractivity contribution in [2.45, 2.75) is 26.5 Å². The summed E-state index contributed by atoms with van der Waals surface area (Å²) in [5.74, 6) is 1.91. The third kappa shape index (κ3) is 6.15. The SMILES string of the molecule is CCNC(=NCc1ccccc1[N+](=O)[O-])NCC(C)Oc1ccccc1OC. The summed E-state index contributed by atoms with van der Waals surface area (Å²) in [6.45, 7) is 5.27. The van der Waals surface area contributed by atoms with Crippen LogP contribution in [0.15, 0.2) is 53.5 Å². The van der Waals surface area contributed by atoms with Crippen molar-refractivity contribution in [1.29, 1.82) is 0 Å². The highest BCUT2D eigenvalue weighted by molar-refractivity contribution is 5.79. The quantitative estimate of drug-likeness (QED) is 0.297. The van der Waals surface area contributed by atoms with Crippen LogP contribution in [0.4, 0.5) is 5.69 Å². The number of guanidine groups is 1. The first kappa shape index (κ1) is 21.0. The van der Waals surface area contributed by atoms with Crippen LogP contribution < -0.4 is 20.1 Å². The molecule has 0 aliphatic rings. The second kappa shape index (κ2) is 10.8. The Kier molecular flexibility index (Phi) is 8.08. The topological polar surface area (TPSA) is 98.0 Å². The smallest absolute Gasteiger partial charge is 0.274 e. The molecule has 0 fully saturated rings. The molecule has 1 unspecified atom stereocenters. The van der Waals surface area contributed by atoms with Gasteiger partial charge in [0.25, 0.3) is 5.69 Å². The summed E-state index contributed by atoms with van der Waals surface area (Å²) in [5, 5.41) is 17.5. The zero-order valence-corrected chi connectivity index (χ0v) is 16.3. The molecule has 0 aliphatic carbocycles. The zero-order chi connectivity index (χ0) is 20.4. The molecule has 2 N–H and O–H groups in total. The molecule has 0 radical (unpaired) electrons. The van der Waals surface area contributed by atoms with Crippen molar-refractivity contribution in [3.05, 3.63) is 64.2 Å². The first-order valence-electron chi connectivity index (χ1n) is 9.09. The fourth-order valence-corrected chi connectivity index (χ4v) is 2.54. The number of para-hydroxylation sites is 3. The third-order valence-corrected chi connectivity index (χ3v) is 3.89. The van der Waals surface area contributed by atoms with Gasteiger partial charge < -0.3 is 20.1 Å². The molecule has 28 heavy (non-hydrogen) atoms. The fraction of sp³-hybridized carbons (Fsp3) is 0.350. The minimum atomic E-state index is -0.394. The van der Waals surface area contributed by atoms with Gasteiger partial charge in [0, 0.05) is 12.6 Å². The molecule has 0 saturated heterocycles. The molecular weight excluding hydrogens is 360 g/mol. The van der Waals surface area contributed by atoms with E-state index in [0.29, 0.717) is 36.1 Å². The second-order valence-corrected chi connectivity index (χ2v) is 6.04. The molecule has 2 aromatic carbocycles. The second-order valence-electron chi connectivity index (χ2n) is 6.04. The van der Waals surface area contributed by atoms with Gasteiger partial charge in [0.05, 0.1) is 30.7 Å². The number of nitrogens with one attached hydrogen (secondary N) is 2. The molecular formula is C20H26N4O4. The van der Waals surface area contributed by atoms with E-state index >= 15 is 0 Å². The van der Waals surface area contributed by atoms with Gasteiger partial charge in [-0.3, -0.25) is 10.1 Å². The Bertz CT molecular complexity index is 810. The van der Waals surface area contributed by atoms with Crippen LogP contribution in [0.2, 0.25) is 0 Å². The number of nitro groups is 1. The van der Waals surface area contributed by atoms with Crippen molar-refractivity contribution in [2.75, 3.05) is 20.2 Å². The van der Waals surface area contributed by atoms with Crippen LogP contribution in [0.25, 0.3) is 0 Å². The Morgan fingerprint density at radius 1 is 1.14 bits per heavy atom. The van der Waals surface area contributed by atoms with E-state index in [0.717, 1.165) is 0 Å². The maximum atomic E-state index is 11.1. The molecule has 1 atom stereocenters. The number of benzene rings is 2. The number of hydrogen-bond acceptors (Lipinski definition) is 5. The van der Waals surface area contributed by atoms with E-state index in [1.807, 2.05) is 38.1 Å². The van der Waals surface area contributed by atoms with Crippen molar-refractivity contribution in [1.82, 2.24) is 10.6 Å². The highest BCUT2D eigenvalue weighted by Crippen LogP contribution is 2.26. The predicted molar refractivity (Wildman–Crippen MR) is 109 cm³/mol. The molecule has 0 aromatic heterocycles. The Morgan fingerprint density at radius 3 is 2.50 bits per heavy atom. The van der Waals surface area contributed by atoms with Crippen LogP contribution in [-0.4, -0.2) is 37.2 Å². The lowest BCUT2D eigenvalue weighted by Gasteiger charge is -2.19. The van der Waals surface area contributed by atoms with Crippen LogP contribution in [0.5, 0.6) is 11.5 Å². The van der Waals surface area contributed by atoms with Gasteiger partial charge in [-0.1, -0.05) is 30.3 Å². The molecule has 2 aromatic rings. The van der Waals surface area contributed by atoms with Crippen molar-refractivity contribution >= 4 is 11.6 Å². The lowest BCUT2D eigenvalue weighted by molar-refractivity contribution is -0.385.